The first-order valence-corrected chi connectivity index (χ1v) is 6.16. The van der Waals surface area contributed by atoms with Crippen molar-refractivity contribution in [3.63, 3.8) is 0 Å². The quantitative estimate of drug-likeness (QED) is 0.887. The molecule has 0 atom stereocenters. The minimum absolute atomic E-state index is 0.837. The first-order valence-electron chi connectivity index (χ1n) is 5.39. The minimum Gasteiger partial charge on any atom is -0.370 e. The third-order valence-corrected chi connectivity index (χ3v) is 3.43. The second-order valence-electron chi connectivity index (χ2n) is 3.78. The van der Waals surface area contributed by atoms with Gasteiger partial charge in [-0.05, 0) is 32.4 Å². The number of aromatic nitrogens is 3. The third kappa shape index (κ3) is 2.09. The summed E-state index contributed by atoms with van der Waals surface area (Å²) >= 11 is 1.39. The monoisotopic (exact) mass is 236 g/mol. The fraction of sp³-hybridized carbons (Fsp3) is 0.455. The van der Waals surface area contributed by atoms with E-state index in [2.05, 4.69) is 46.3 Å². The predicted octanol–water partition coefficient (Wildman–Crippen LogP) is 2.59. The Balaban J connectivity index is 2.10. The van der Waals surface area contributed by atoms with Crippen molar-refractivity contribution < 1.29 is 0 Å². The van der Waals surface area contributed by atoms with E-state index in [1.54, 1.807) is 6.20 Å². The van der Waals surface area contributed by atoms with E-state index in [0.29, 0.717) is 0 Å². The highest BCUT2D eigenvalue weighted by molar-refractivity contribution is 7.09. The highest BCUT2D eigenvalue weighted by Gasteiger charge is 2.07. The molecule has 0 aromatic carbocycles. The van der Waals surface area contributed by atoms with Crippen LogP contribution in [-0.2, 0) is 13.1 Å². The maximum absolute atomic E-state index is 3.82. The van der Waals surface area contributed by atoms with Gasteiger partial charge >= 0.3 is 0 Å². The summed E-state index contributed by atoms with van der Waals surface area (Å²) in [6.45, 7) is 8.35. The Morgan fingerprint density at radius 1 is 1.44 bits per heavy atom. The lowest BCUT2D eigenvalue weighted by molar-refractivity contribution is 0.715. The first-order chi connectivity index (χ1) is 7.72. The molecule has 0 saturated heterocycles. The normalized spacial score (nSPS) is 10.7. The van der Waals surface area contributed by atoms with Gasteiger partial charge in [0.15, 0.2) is 0 Å². The number of aryl methyl sites for hydroxylation is 1. The molecule has 5 heteroatoms. The van der Waals surface area contributed by atoms with Gasteiger partial charge in [0.1, 0.15) is 5.00 Å². The van der Waals surface area contributed by atoms with Crippen LogP contribution in [-0.4, -0.2) is 14.2 Å². The van der Waals surface area contributed by atoms with Gasteiger partial charge in [-0.3, -0.25) is 0 Å². The summed E-state index contributed by atoms with van der Waals surface area (Å²) in [4.78, 5) is 0. The van der Waals surface area contributed by atoms with E-state index in [4.69, 9.17) is 0 Å². The lowest BCUT2D eigenvalue weighted by Crippen LogP contribution is -2.02. The van der Waals surface area contributed by atoms with Gasteiger partial charge in [0, 0.05) is 36.0 Å². The largest absolute Gasteiger partial charge is 0.370 e. The fourth-order valence-corrected chi connectivity index (χ4v) is 2.38. The average Bonchev–Trinajstić information content (AvgIpc) is 2.85. The maximum Gasteiger partial charge on any atom is 0.130 e. The molecule has 0 spiro atoms. The van der Waals surface area contributed by atoms with Crippen molar-refractivity contribution in [2.24, 2.45) is 0 Å². The Hall–Kier alpha value is -1.36. The van der Waals surface area contributed by atoms with E-state index in [9.17, 15) is 0 Å². The Morgan fingerprint density at radius 3 is 2.81 bits per heavy atom. The number of hydrogen-bond acceptors (Lipinski definition) is 4. The second kappa shape index (κ2) is 4.65. The molecule has 0 saturated carbocycles. The summed E-state index contributed by atoms with van der Waals surface area (Å²) < 4.78 is 6.14. The summed E-state index contributed by atoms with van der Waals surface area (Å²) in [6, 6.07) is 2.24. The summed E-state index contributed by atoms with van der Waals surface area (Å²) in [7, 11) is 0. The molecule has 0 aliphatic carbocycles. The zero-order chi connectivity index (χ0) is 11.5. The molecule has 0 amide bonds. The van der Waals surface area contributed by atoms with Crippen LogP contribution in [0.25, 0.3) is 0 Å². The van der Waals surface area contributed by atoms with Crippen LogP contribution in [0.4, 0.5) is 5.00 Å². The van der Waals surface area contributed by atoms with Gasteiger partial charge in [-0.1, -0.05) is 4.49 Å². The van der Waals surface area contributed by atoms with Crippen molar-refractivity contribution in [2.45, 2.75) is 33.9 Å². The molecule has 1 N–H and O–H groups in total. The zero-order valence-electron chi connectivity index (χ0n) is 9.82. The van der Waals surface area contributed by atoms with Gasteiger partial charge in [0.25, 0.3) is 0 Å². The summed E-state index contributed by atoms with van der Waals surface area (Å²) in [6.07, 6.45) is 1.75. The number of rotatable bonds is 4. The zero-order valence-corrected chi connectivity index (χ0v) is 10.6. The molecular weight excluding hydrogens is 220 g/mol. The molecule has 2 aromatic rings. The van der Waals surface area contributed by atoms with Crippen LogP contribution < -0.4 is 5.32 Å². The number of hydrogen-bond donors (Lipinski definition) is 1. The van der Waals surface area contributed by atoms with Crippen molar-refractivity contribution >= 4 is 16.5 Å². The molecule has 0 fully saturated rings. The molecule has 0 aliphatic heterocycles. The van der Waals surface area contributed by atoms with E-state index in [1.165, 1.54) is 28.5 Å². The summed E-state index contributed by atoms with van der Waals surface area (Å²) in [5, 5.41) is 8.14. The fourth-order valence-electron chi connectivity index (χ4n) is 1.97. The standard InChI is InChI=1S/C11H16N4S/c1-4-15-8(2)5-10(9(15)3)6-12-11-7-13-14-16-11/h5,7,12H,4,6H2,1-3H3. The van der Waals surface area contributed by atoms with Crippen molar-refractivity contribution in [3.8, 4) is 0 Å². The van der Waals surface area contributed by atoms with Crippen molar-refractivity contribution in [1.29, 1.82) is 0 Å². The van der Waals surface area contributed by atoms with Gasteiger partial charge in [0.05, 0.1) is 6.20 Å². The topological polar surface area (TPSA) is 42.7 Å². The summed E-state index contributed by atoms with van der Waals surface area (Å²) in [5.41, 5.74) is 4.00. The smallest absolute Gasteiger partial charge is 0.130 e. The van der Waals surface area contributed by atoms with E-state index in [-0.39, 0.29) is 0 Å². The molecule has 0 radical (unpaired) electrons. The Morgan fingerprint density at radius 2 is 2.25 bits per heavy atom. The molecular formula is C11H16N4S. The predicted molar refractivity (Wildman–Crippen MR) is 66.8 cm³/mol. The van der Waals surface area contributed by atoms with E-state index in [0.717, 1.165) is 18.1 Å². The van der Waals surface area contributed by atoms with Gasteiger partial charge in [-0.15, -0.1) is 5.10 Å². The Bertz CT molecular complexity index is 459. The molecule has 0 bridgehead atoms. The molecule has 0 unspecified atom stereocenters. The van der Waals surface area contributed by atoms with Crippen LogP contribution in [0.3, 0.4) is 0 Å². The first kappa shape index (κ1) is 11.1. The molecule has 4 nitrogen and oxygen atoms in total. The Labute approximate surface area is 99.5 Å². The lowest BCUT2D eigenvalue weighted by atomic mass is 10.2. The van der Waals surface area contributed by atoms with Crippen molar-refractivity contribution in [1.82, 2.24) is 14.2 Å². The van der Waals surface area contributed by atoms with E-state index < -0.39 is 0 Å². The average molecular weight is 236 g/mol. The molecule has 2 aromatic heterocycles. The minimum atomic E-state index is 0.837. The number of anilines is 1. The molecule has 2 heterocycles. The van der Waals surface area contributed by atoms with Gasteiger partial charge in [0.2, 0.25) is 0 Å². The molecule has 2 rings (SSSR count). The van der Waals surface area contributed by atoms with Crippen molar-refractivity contribution in [2.75, 3.05) is 5.32 Å². The van der Waals surface area contributed by atoms with Gasteiger partial charge < -0.3 is 9.88 Å². The maximum atomic E-state index is 3.82. The van der Waals surface area contributed by atoms with Gasteiger partial charge in [-0.25, -0.2) is 0 Å². The van der Waals surface area contributed by atoms with Crippen LogP contribution in [0.1, 0.15) is 23.9 Å². The molecule has 16 heavy (non-hydrogen) atoms. The van der Waals surface area contributed by atoms with Crippen LogP contribution >= 0.6 is 11.5 Å². The van der Waals surface area contributed by atoms with Crippen LogP contribution in [0.5, 0.6) is 0 Å². The van der Waals surface area contributed by atoms with Gasteiger partial charge in [-0.2, -0.15) is 0 Å². The number of nitrogens with one attached hydrogen (secondary N) is 1. The summed E-state index contributed by atoms with van der Waals surface area (Å²) in [5.74, 6) is 0. The second-order valence-corrected chi connectivity index (χ2v) is 4.56. The highest BCUT2D eigenvalue weighted by Crippen LogP contribution is 2.17. The van der Waals surface area contributed by atoms with Crippen molar-refractivity contribution in [3.05, 3.63) is 29.2 Å². The Kier molecular flexibility index (Phi) is 3.24. The van der Waals surface area contributed by atoms with Crippen LogP contribution in [0.15, 0.2) is 12.3 Å². The number of nitrogens with zero attached hydrogens (tertiary/aromatic N) is 3. The molecule has 86 valence electrons. The molecule has 0 aliphatic rings. The highest BCUT2D eigenvalue weighted by atomic mass is 32.1. The third-order valence-electron chi connectivity index (χ3n) is 2.81. The van der Waals surface area contributed by atoms with E-state index in [1.807, 2.05) is 0 Å². The van der Waals surface area contributed by atoms with Crippen LogP contribution in [0, 0.1) is 13.8 Å². The van der Waals surface area contributed by atoms with Crippen LogP contribution in [0.2, 0.25) is 0 Å². The lowest BCUT2D eigenvalue weighted by Gasteiger charge is -2.06. The van der Waals surface area contributed by atoms with E-state index >= 15 is 0 Å². The SMILES string of the molecule is CCn1c(C)cc(CNc2cnns2)c1C.